The fourth-order valence-electron chi connectivity index (χ4n) is 5.11. The van der Waals surface area contributed by atoms with Crippen LogP contribution in [0.15, 0.2) is 60.7 Å². The number of benzene rings is 3. The molecule has 5 rings (SSSR count). The molecular formula is C33H38N2O6. The van der Waals surface area contributed by atoms with Crippen LogP contribution in [0, 0.1) is 13.8 Å². The lowest BCUT2D eigenvalue weighted by atomic mass is 9.99. The molecule has 0 unspecified atom stereocenters. The molecule has 3 aromatic carbocycles. The van der Waals surface area contributed by atoms with Crippen LogP contribution in [-0.4, -0.2) is 48.0 Å². The first-order chi connectivity index (χ1) is 19.5. The first kappa shape index (κ1) is 28.5. The normalized spacial score (nSPS) is 16.0. The molecule has 3 aromatic rings. The van der Waals surface area contributed by atoms with Crippen molar-refractivity contribution >= 4 is 17.7 Å². The van der Waals surface area contributed by atoms with Crippen molar-refractivity contribution in [2.75, 3.05) is 25.0 Å². The number of likely N-dealkylation sites (tertiary alicyclic amines) is 1. The van der Waals surface area contributed by atoms with Gasteiger partial charge in [0.2, 0.25) is 5.79 Å². The van der Waals surface area contributed by atoms with Crippen LogP contribution >= 0.6 is 0 Å². The summed E-state index contributed by atoms with van der Waals surface area (Å²) in [7, 11) is 0. The maximum atomic E-state index is 12.6. The van der Waals surface area contributed by atoms with Gasteiger partial charge in [-0.2, -0.15) is 0 Å². The van der Waals surface area contributed by atoms with Gasteiger partial charge in [-0.3, -0.25) is 4.79 Å². The zero-order chi connectivity index (χ0) is 29.2. The summed E-state index contributed by atoms with van der Waals surface area (Å²) in [5.74, 6) is 0.459. The summed E-state index contributed by atoms with van der Waals surface area (Å²) in [5, 5.41) is 2.95. The van der Waals surface area contributed by atoms with Gasteiger partial charge in [-0.05, 0) is 81.1 Å². The fourth-order valence-corrected chi connectivity index (χ4v) is 5.11. The summed E-state index contributed by atoms with van der Waals surface area (Å²) in [6.07, 6.45) is 0.842. The smallest absolute Gasteiger partial charge is 0.410 e. The van der Waals surface area contributed by atoms with Crippen molar-refractivity contribution in [3.8, 4) is 22.6 Å². The predicted octanol–water partition coefficient (Wildman–Crippen LogP) is 6.62. The van der Waals surface area contributed by atoms with Gasteiger partial charge in [0.25, 0.3) is 5.91 Å². The molecule has 1 saturated heterocycles. The second kappa shape index (κ2) is 11.4. The zero-order valence-corrected chi connectivity index (χ0v) is 24.4. The van der Waals surface area contributed by atoms with Crippen LogP contribution < -0.4 is 14.8 Å². The number of ether oxygens (including phenoxy) is 4. The highest BCUT2D eigenvalue weighted by atomic mass is 16.7. The Morgan fingerprint density at radius 2 is 1.63 bits per heavy atom. The van der Waals surface area contributed by atoms with E-state index in [4.69, 9.17) is 18.9 Å². The largest absolute Gasteiger partial charge is 0.484 e. The molecule has 2 aliphatic rings. The predicted molar refractivity (Wildman–Crippen MR) is 157 cm³/mol. The standard InChI is InChI=1S/C33H38N2O6/c1-22-8-6-9-23(2)30(22)34-29(36)21-38-27-11-7-10-24(19-27)25-12-13-28-26(18-25)20-39-33(40-28)14-16-35(17-15-33)31(37)41-32(3,4)5/h6-13,18-19H,14-17,20-21H2,1-5H3,(H,34,36). The lowest BCUT2D eigenvalue weighted by molar-refractivity contribution is -0.226. The van der Waals surface area contributed by atoms with Gasteiger partial charge in [0.1, 0.15) is 17.1 Å². The number of para-hydroxylation sites is 1. The number of nitrogens with zero attached hydrogens (tertiary/aromatic N) is 1. The number of nitrogens with one attached hydrogen (secondary N) is 1. The van der Waals surface area contributed by atoms with Crippen LogP contribution in [0.1, 0.15) is 50.3 Å². The molecule has 2 aliphatic heterocycles. The van der Waals surface area contributed by atoms with E-state index in [1.807, 2.05) is 89.2 Å². The molecule has 1 fully saturated rings. The maximum Gasteiger partial charge on any atom is 0.410 e. The van der Waals surface area contributed by atoms with Crippen molar-refractivity contribution in [1.82, 2.24) is 4.90 Å². The molecule has 8 heteroatoms. The van der Waals surface area contributed by atoms with Crippen LogP contribution in [0.2, 0.25) is 0 Å². The number of hydrogen-bond acceptors (Lipinski definition) is 6. The minimum atomic E-state index is -0.738. The Morgan fingerprint density at radius 3 is 2.34 bits per heavy atom. The summed E-state index contributed by atoms with van der Waals surface area (Å²) in [6.45, 7) is 10.9. The van der Waals surface area contributed by atoms with Crippen LogP contribution in [0.25, 0.3) is 11.1 Å². The topological polar surface area (TPSA) is 86.3 Å². The van der Waals surface area contributed by atoms with Crippen LogP contribution in [0.3, 0.4) is 0 Å². The second-order valence-electron chi connectivity index (χ2n) is 11.7. The number of piperidine rings is 1. The maximum absolute atomic E-state index is 12.6. The van der Waals surface area contributed by atoms with Gasteiger partial charge < -0.3 is 29.2 Å². The van der Waals surface area contributed by atoms with E-state index in [0.29, 0.717) is 38.3 Å². The van der Waals surface area contributed by atoms with Crippen LogP contribution in [0.5, 0.6) is 11.5 Å². The minimum absolute atomic E-state index is 0.0868. The average Bonchev–Trinajstić information content (AvgIpc) is 2.93. The van der Waals surface area contributed by atoms with Crippen LogP contribution in [0.4, 0.5) is 10.5 Å². The summed E-state index contributed by atoms with van der Waals surface area (Å²) in [6, 6.07) is 19.6. The van der Waals surface area contributed by atoms with E-state index in [1.54, 1.807) is 4.90 Å². The molecule has 0 radical (unpaired) electrons. The number of amides is 2. The van der Waals surface area contributed by atoms with Gasteiger partial charge in [-0.1, -0.05) is 36.4 Å². The average molecular weight is 559 g/mol. The molecule has 8 nitrogen and oxygen atoms in total. The molecule has 1 N–H and O–H groups in total. The number of fused-ring (bicyclic) bond motifs is 1. The number of aryl methyl sites for hydroxylation is 2. The van der Waals surface area contributed by atoms with Gasteiger partial charge in [-0.25, -0.2) is 4.79 Å². The Morgan fingerprint density at radius 1 is 0.951 bits per heavy atom. The third kappa shape index (κ3) is 6.82. The van der Waals surface area contributed by atoms with Crippen molar-refractivity contribution in [3.63, 3.8) is 0 Å². The number of rotatable bonds is 5. The molecule has 1 spiro atoms. The number of carbonyl (C=O) groups excluding carboxylic acids is 2. The van der Waals surface area contributed by atoms with Crippen molar-refractivity contribution in [2.45, 2.75) is 65.5 Å². The molecule has 0 atom stereocenters. The van der Waals surface area contributed by atoms with Crippen molar-refractivity contribution in [1.29, 1.82) is 0 Å². The third-order valence-electron chi connectivity index (χ3n) is 7.31. The Balaban J connectivity index is 1.19. The van der Waals surface area contributed by atoms with Gasteiger partial charge >= 0.3 is 6.09 Å². The van der Waals surface area contributed by atoms with Gasteiger partial charge in [0, 0.05) is 37.2 Å². The Labute approximate surface area is 241 Å². The number of anilines is 1. The minimum Gasteiger partial charge on any atom is -0.484 e. The van der Waals surface area contributed by atoms with Crippen molar-refractivity contribution in [3.05, 3.63) is 77.4 Å². The summed E-state index contributed by atoms with van der Waals surface area (Å²) < 4.78 is 23.9. The van der Waals surface area contributed by atoms with Gasteiger partial charge in [0.05, 0.1) is 6.61 Å². The first-order valence-corrected chi connectivity index (χ1v) is 14.0. The van der Waals surface area contributed by atoms with E-state index in [-0.39, 0.29) is 18.6 Å². The quantitative estimate of drug-likeness (QED) is 0.379. The highest BCUT2D eigenvalue weighted by molar-refractivity contribution is 5.93. The van der Waals surface area contributed by atoms with E-state index < -0.39 is 11.4 Å². The van der Waals surface area contributed by atoms with Crippen LogP contribution in [-0.2, 0) is 20.9 Å². The molecular weight excluding hydrogens is 520 g/mol. The van der Waals surface area contributed by atoms with Crippen molar-refractivity contribution in [2.24, 2.45) is 0 Å². The molecule has 41 heavy (non-hydrogen) atoms. The highest BCUT2D eigenvalue weighted by Gasteiger charge is 2.42. The first-order valence-electron chi connectivity index (χ1n) is 14.0. The summed E-state index contributed by atoms with van der Waals surface area (Å²) in [4.78, 5) is 26.7. The molecule has 2 heterocycles. The molecule has 0 bridgehead atoms. The number of hydrogen-bond donors (Lipinski definition) is 1. The lowest BCUT2D eigenvalue weighted by Gasteiger charge is -2.44. The molecule has 0 aromatic heterocycles. The summed E-state index contributed by atoms with van der Waals surface area (Å²) in [5.41, 5.74) is 5.24. The molecule has 216 valence electrons. The van der Waals surface area contributed by atoms with E-state index in [2.05, 4.69) is 11.4 Å². The Kier molecular flexibility index (Phi) is 7.95. The molecule has 0 aliphatic carbocycles. The Bertz CT molecular complexity index is 1420. The van der Waals surface area contributed by atoms with Crippen molar-refractivity contribution < 1.29 is 28.5 Å². The summed E-state index contributed by atoms with van der Waals surface area (Å²) >= 11 is 0. The van der Waals surface area contributed by atoms with E-state index >= 15 is 0 Å². The number of carbonyl (C=O) groups is 2. The molecule has 2 amide bonds. The second-order valence-corrected chi connectivity index (χ2v) is 11.7. The van der Waals surface area contributed by atoms with E-state index in [9.17, 15) is 9.59 Å². The SMILES string of the molecule is Cc1cccc(C)c1NC(=O)COc1cccc(-c2ccc3c(c2)COC2(CCN(C(=O)OC(C)(C)C)CC2)O3)c1. The van der Waals surface area contributed by atoms with Gasteiger partial charge in [0.15, 0.2) is 6.61 Å². The lowest BCUT2D eigenvalue weighted by Crippen LogP contribution is -2.53. The highest BCUT2D eigenvalue weighted by Crippen LogP contribution is 2.39. The van der Waals surface area contributed by atoms with E-state index in [0.717, 1.165) is 39.3 Å². The molecule has 0 saturated carbocycles. The Hall–Kier alpha value is -4.04. The zero-order valence-electron chi connectivity index (χ0n) is 24.4. The third-order valence-corrected chi connectivity index (χ3v) is 7.31. The monoisotopic (exact) mass is 558 g/mol. The van der Waals surface area contributed by atoms with E-state index in [1.165, 1.54) is 0 Å². The van der Waals surface area contributed by atoms with Gasteiger partial charge in [-0.15, -0.1) is 0 Å². The fraction of sp³-hybridized carbons (Fsp3) is 0.394.